The summed E-state index contributed by atoms with van der Waals surface area (Å²) in [6.07, 6.45) is 2.89. The standard InChI is InChI=1S/C18H26N2O4S/c1-13-6-8-17(9-7-13)25(22,23)20(11-10-16-12-14(16)2)15(3)18(21)19(4)24-5/h6-10,14-15H,11-12H2,1-5H3/b16-10-/t14-,15-/m0/s1. The molecule has 0 unspecified atom stereocenters. The molecule has 1 aliphatic rings. The molecule has 0 N–H and O–H groups in total. The second-order valence-electron chi connectivity index (χ2n) is 6.47. The van der Waals surface area contributed by atoms with Gasteiger partial charge in [0.2, 0.25) is 10.0 Å². The maximum atomic E-state index is 13.1. The van der Waals surface area contributed by atoms with Crippen molar-refractivity contribution in [3.8, 4) is 0 Å². The molecule has 0 radical (unpaired) electrons. The molecule has 0 bridgehead atoms. The normalized spacial score (nSPS) is 19.9. The summed E-state index contributed by atoms with van der Waals surface area (Å²) in [5, 5.41) is 1.05. The van der Waals surface area contributed by atoms with Gasteiger partial charge in [-0.1, -0.05) is 36.3 Å². The third-order valence-electron chi connectivity index (χ3n) is 4.55. The first-order chi connectivity index (χ1) is 11.7. The van der Waals surface area contributed by atoms with Gasteiger partial charge in [0, 0.05) is 13.6 Å². The lowest BCUT2D eigenvalue weighted by Crippen LogP contribution is -2.48. The minimum absolute atomic E-state index is 0.167. The van der Waals surface area contributed by atoms with Crippen molar-refractivity contribution in [3.63, 3.8) is 0 Å². The Balaban J connectivity index is 2.35. The van der Waals surface area contributed by atoms with Crippen LogP contribution in [0.5, 0.6) is 0 Å². The van der Waals surface area contributed by atoms with Gasteiger partial charge in [-0.05, 0) is 38.3 Å². The molecule has 1 amide bonds. The Kier molecular flexibility index (Phi) is 6.03. The number of hydroxylamine groups is 2. The molecule has 0 heterocycles. The molecule has 1 aromatic rings. The number of carbonyl (C=O) groups is 1. The number of carbonyl (C=O) groups excluding carboxylic acids is 1. The molecule has 0 aromatic heterocycles. The Labute approximate surface area is 150 Å². The summed E-state index contributed by atoms with van der Waals surface area (Å²) in [4.78, 5) is 17.5. The molecule has 1 aromatic carbocycles. The van der Waals surface area contributed by atoms with Crippen LogP contribution in [0.4, 0.5) is 0 Å². The second-order valence-corrected chi connectivity index (χ2v) is 8.36. The Hall–Kier alpha value is -1.70. The van der Waals surface area contributed by atoms with Gasteiger partial charge in [0.1, 0.15) is 6.04 Å². The van der Waals surface area contributed by atoms with Crippen molar-refractivity contribution in [2.24, 2.45) is 5.92 Å². The molecule has 1 aliphatic carbocycles. The second kappa shape index (κ2) is 7.68. The summed E-state index contributed by atoms with van der Waals surface area (Å²) in [5.41, 5.74) is 2.20. The van der Waals surface area contributed by atoms with E-state index in [1.807, 2.05) is 13.0 Å². The monoisotopic (exact) mass is 366 g/mol. The van der Waals surface area contributed by atoms with Gasteiger partial charge < -0.3 is 0 Å². The van der Waals surface area contributed by atoms with Crippen molar-refractivity contribution < 1.29 is 18.0 Å². The van der Waals surface area contributed by atoms with E-state index in [4.69, 9.17) is 4.84 Å². The Morgan fingerprint density at radius 1 is 1.36 bits per heavy atom. The van der Waals surface area contributed by atoms with Gasteiger partial charge in [-0.25, -0.2) is 13.5 Å². The van der Waals surface area contributed by atoms with Crippen molar-refractivity contribution in [2.45, 2.75) is 38.1 Å². The average molecular weight is 366 g/mol. The number of likely N-dealkylation sites (N-methyl/N-ethyl adjacent to an activating group) is 1. The smallest absolute Gasteiger partial charge is 0.264 e. The molecule has 6 nitrogen and oxygen atoms in total. The molecule has 1 fully saturated rings. The minimum Gasteiger partial charge on any atom is -0.275 e. The molecule has 0 spiro atoms. The fourth-order valence-electron chi connectivity index (χ4n) is 2.57. The van der Waals surface area contributed by atoms with Crippen LogP contribution in [-0.4, -0.2) is 50.4 Å². The van der Waals surface area contributed by atoms with Crippen LogP contribution in [0.2, 0.25) is 0 Å². The van der Waals surface area contributed by atoms with Gasteiger partial charge >= 0.3 is 0 Å². The predicted octanol–water partition coefficient (Wildman–Crippen LogP) is 2.36. The van der Waals surface area contributed by atoms with Crippen LogP contribution in [0.1, 0.15) is 25.8 Å². The lowest BCUT2D eigenvalue weighted by molar-refractivity contribution is -0.172. The summed E-state index contributed by atoms with van der Waals surface area (Å²) in [6, 6.07) is 5.77. The Morgan fingerprint density at radius 2 is 1.92 bits per heavy atom. The van der Waals surface area contributed by atoms with Crippen LogP contribution in [0.25, 0.3) is 0 Å². The third-order valence-corrected chi connectivity index (χ3v) is 6.50. The molecule has 7 heteroatoms. The Bertz CT molecular complexity index is 756. The maximum absolute atomic E-state index is 13.1. The maximum Gasteiger partial charge on any atom is 0.264 e. The number of hydrogen-bond donors (Lipinski definition) is 0. The van der Waals surface area contributed by atoms with Gasteiger partial charge in [0.25, 0.3) is 5.91 Å². The molecule has 0 saturated heterocycles. The third kappa shape index (κ3) is 4.48. The Morgan fingerprint density at radius 3 is 2.40 bits per heavy atom. The van der Waals surface area contributed by atoms with Crippen LogP contribution in [0.15, 0.2) is 40.8 Å². The van der Waals surface area contributed by atoms with Crippen LogP contribution in [-0.2, 0) is 19.7 Å². The first-order valence-electron chi connectivity index (χ1n) is 8.27. The number of allylic oxidation sites excluding steroid dienone is 1. The van der Waals surface area contributed by atoms with Gasteiger partial charge in [0.05, 0.1) is 12.0 Å². The quantitative estimate of drug-likeness (QED) is 0.549. The number of benzene rings is 1. The highest BCUT2D eigenvalue weighted by atomic mass is 32.2. The molecule has 0 aliphatic heterocycles. The van der Waals surface area contributed by atoms with Gasteiger partial charge in [-0.2, -0.15) is 4.31 Å². The number of amides is 1. The van der Waals surface area contributed by atoms with E-state index in [2.05, 4.69) is 6.92 Å². The van der Waals surface area contributed by atoms with E-state index in [9.17, 15) is 13.2 Å². The van der Waals surface area contributed by atoms with E-state index in [-0.39, 0.29) is 11.4 Å². The number of nitrogens with zero attached hydrogens (tertiary/aromatic N) is 2. The minimum atomic E-state index is -3.80. The van der Waals surface area contributed by atoms with E-state index in [1.54, 1.807) is 31.2 Å². The van der Waals surface area contributed by atoms with Gasteiger partial charge in [-0.3, -0.25) is 9.63 Å². The molecule has 2 rings (SSSR count). The van der Waals surface area contributed by atoms with Crippen molar-refractivity contribution in [2.75, 3.05) is 20.7 Å². The number of sulfonamides is 1. The van der Waals surface area contributed by atoms with Crippen LogP contribution < -0.4 is 0 Å². The van der Waals surface area contributed by atoms with Crippen molar-refractivity contribution in [1.29, 1.82) is 0 Å². The van der Waals surface area contributed by atoms with Crippen molar-refractivity contribution >= 4 is 15.9 Å². The van der Waals surface area contributed by atoms with Crippen LogP contribution in [0.3, 0.4) is 0 Å². The summed E-state index contributed by atoms with van der Waals surface area (Å²) in [5.74, 6) is 0.0806. The summed E-state index contributed by atoms with van der Waals surface area (Å²) in [6.45, 7) is 5.74. The molecular weight excluding hydrogens is 340 g/mol. The fourth-order valence-corrected chi connectivity index (χ4v) is 4.10. The predicted molar refractivity (Wildman–Crippen MR) is 96.2 cm³/mol. The highest BCUT2D eigenvalue weighted by Crippen LogP contribution is 2.36. The zero-order valence-electron chi connectivity index (χ0n) is 15.4. The number of rotatable bonds is 7. The summed E-state index contributed by atoms with van der Waals surface area (Å²) < 4.78 is 27.4. The SMILES string of the molecule is CON(C)C(=O)[C@H](C)N(C/C=C1/C[C@@H]1C)S(=O)(=O)c1ccc(C)cc1. The highest BCUT2D eigenvalue weighted by molar-refractivity contribution is 7.89. The van der Waals surface area contributed by atoms with E-state index < -0.39 is 22.0 Å². The lowest BCUT2D eigenvalue weighted by Gasteiger charge is -2.28. The zero-order chi connectivity index (χ0) is 18.8. The van der Waals surface area contributed by atoms with E-state index in [0.717, 1.165) is 17.0 Å². The first-order valence-corrected chi connectivity index (χ1v) is 9.71. The van der Waals surface area contributed by atoms with Gasteiger partial charge in [0.15, 0.2) is 0 Å². The van der Waals surface area contributed by atoms with Crippen LogP contribution >= 0.6 is 0 Å². The average Bonchev–Trinajstić information content (AvgIpc) is 3.28. The fraction of sp³-hybridized carbons (Fsp3) is 0.500. The summed E-state index contributed by atoms with van der Waals surface area (Å²) in [7, 11) is -0.962. The molecule has 138 valence electrons. The first kappa shape index (κ1) is 19.6. The number of hydrogen-bond acceptors (Lipinski definition) is 4. The van der Waals surface area contributed by atoms with E-state index in [0.29, 0.717) is 5.92 Å². The van der Waals surface area contributed by atoms with E-state index >= 15 is 0 Å². The molecule has 25 heavy (non-hydrogen) atoms. The highest BCUT2D eigenvalue weighted by Gasteiger charge is 2.35. The van der Waals surface area contributed by atoms with Crippen molar-refractivity contribution in [1.82, 2.24) is 9.37 Å². The van der Waals surface area contributed by atoms with E-state index in [1.165, 1.54) is 24.0 Å². The van der Waals surface area contributed by atoms with Crippen molar-refractivity contribution in [3.05, 3.63) is 41.5 Å². The largest absolute Gasteiger partial charge is 0.275 e. The summed E-state index contributed by atoms with van der Waals surface area (Å²) >= 11 is 0. The van der Waals surface area contributed by atoms with Crippen LogP contribution in [0, 0.1) is 12.8 Å². The molecule has 1 saturated carbocycles. The topological polar surface area (TPSA) is 66.9 Å². The number of aryl methyl sites for hydroxylation is 1. The van der Waals surface area contributed by atoms with Gasteiger partial charge in [-0.15, -0.1) is 0 Å². The lowest BCUT2D eigenvalue weighted by atomic mass is 10.2. The molecule has 2 atom stereocenters. The molecular formula is C18H26N2O4S. The zero-order valence-corrected chi connectivity index (χ0v) is 16.2.